The van der Waals surface area contributed by atoms with Crippen LogP contribution in [0.3, 0.4) is 0 Å². The van der Waals surface area contributed by atoms with Crippen LogP contribution in [-0.2, 0) is 11.2 Å². The number of nitrogens with one attached hydrogen (secondary N) is 3. The van der Waals surface area contributed by atoms with Crippen LogP contribution in [0.15, 0.2) is 23.0 Å². The number of hydrogen-bond donors (Lipinski definition) is 4. The fraction of sp³-hybridized carbons (Fsp3) is 0.273. The van der Waals surface area contributed by atoms with E-state index in [-0.39, 0.29) is 18.0 Å². The minimum atomic E-state index is -0.246. The third kappa shape index (κ3) is 2.73. The predicted molar refractivity (Wildman–Crippen MR) is 64.7 cm³/mol. The Morgan fingerprint density at radius 2 is 2.06 bits per heavy atom. The Morgan fingerprint density at radius 1 is 1.29 bits per heavy atom. The molecule has 90 valence electrons. The minimum Gasteiger partial charge on any atom is -0.355 e. The van der Waals surface area contributed by atoms with Gasteiger partial charge in [-0.25, -0.2) is 4.79 Å². The number of aromatic nitrogens is 2. The highest BCUT2D eigenvalue weighted by Gasteiger charge is 2.04. The molecule has 2 aromatic rings. The lowest BCUT2D eigenvalue weighted by Gasteiger charge is -2.03. The number of carbonyl (C=O) groups is 1. The van der Waals surface area contributed by atoms with Crippen molar-refractivity contribution >= 4 is 16.9 Å². The number of amides is 1. The summed E-state index contributed by atoms with van der Waals surface area (Å²) in [7, 11) is 0. The predicted octanol–water partition coefficient (Wildman–Crippen LogP) is -0.526. The van der Waals surface area contributed by atoms with E-state index in [4.69, 9.17) is 5.73 Å². The summed E-state index contributed by atoms with van der Waals surface area (Å²) in [5.41, 5.74) is 7.34. The first-order valence-electron chi connectivity index (χ1n) is 5.37. The van der Waals surface area contributed by atoms with E-state index in [2.05, 4.69) is 15.3 Å². The molecular formula is C11H14N4O2. The van der Waals surface area contributed by atoms with E-state index in [9.17, 15) is 9.59 Å². The van der Waals surface area contributed by atoms with Crippen molar-refractivity contribution in [2.24, 2.45) is 5.73 Å². The van der Waals surface area contributed by atoms with Crippen LogP contribution in [0.25, 0.3) is 11.0 Å². The number of carbonyl (C=O) groups excluding carboxylic acids is 1. The molecule has 0 bridgehead atoms. The van der Waals surface area contributed by atoms with Crippen LogP contribution in [0.4, 0.5) is 0 Å². The first-order chi connectivity index (χ1) is 8.19. The number of hydrogen-bond acceptors (Lipinski definition) is 3. The molecule has 0 spiro atoms. The van der Waals surface area contributed by atoms with Crippen molar-refractivity contribution in [3.05, 3.63) is 34.2 Å². The van der Waals surface area contributed by atoms with E-state index < -0.39 is 0 Å². The zero-order chi connectivity index (χ0) is 12.3. The third-order valence-corrected chi connectivity index (χ3v) is 2.41. The summed E-state index contributed by atoms with van der Waals surface area (Å²) in [6.45, 7) is 0.901. The van der Waals surface area contributed by atoms with Gasteiger partial charge in [0.05, 0.1) is 17.5 Å². The fourth-order valence-corrected chi connectivity index (χ4v) is 1.65. The van der Waals surface area contributed by atoms with E-state index in [0.29, 0.717) is 18.6 Å². The maximum atomic E-state index is 11.5. The van der Waals surface area contributed by atoms with Crippen LogP contribution < -0.4 is 16.7 Å². The zero-order valence-corrected chi connectivity index (χ0v) is 9.25. The lowest BCUT2D eigenvalue weighted by molar-refractivity contribution is -0.120. The SMILES string of the molecule is NCCNC(=O)Cc1ccc2[nH]c(=O)[nH]c2c1. The van der Waals surface area contributed by atoms with Gasteiger partial charge in [0.15, 0.2) is 0 Å². The van der Waals surface area contributed by atoms with Gasteiger partial charge in [-0.2, -0.15) is 0 Å². The summed E-state index contributed by atoms with van der Waals surface area (Å²) in [6.07, 6.45) is 0.281. The molecule has 0 atom stereocenters. The van der Waals surface area contributed by atoms with Crippen LogP contribution in [0, 0.1) is 0 Å². The Bertz CT molecular complexity index is 584. The molecule has 2 rings (SSSR count). The molecule has 0 aliphatic carbocycles. The highest BCUT2D eigenvalue weighted by Crippen LogP contribution is 2.10. The molecule has 6 nitrogen and oxygen atoms in total. The highest BCUT2D eigenvalue weighted by molar-refractivity contribution is 5.81. The molecule has 0 unspecified atom stereocenters. The molecule has 0 radical (unpaired) electrons. The van der Waals surface area contributed by atoms with Gasteiger partial charge in [0.2, 0.25) is 5.91 Å². The number of imidazole rings is 1. The molecule has 0 saturated heterocycles. The van der Waals surface area contributed by atoms with Crippen LogP contribution >= 0.6 is 0 Å². The number of rotatable bonds is 4. The van der Waals surface area contributed by atoms with Crippen molar-refractivity contribution < 1.29 is 4.79 Å². The molecule has 1 amide bonds. The quantitative estimate of drug-likeness (QED) is 0.572. The first-order valence-corrected chi connectivity index (χ1v) is 5.37. The summed E-state index contributed by atoms with van der Waals surface area (Å²) >= 11 is 0. The second kappa shape index (κ2) is 4.84. The highest BCUT2D eigenvalue weighted by atomic mass is 16.1. The van der Waals surface area contributed by atoms with E-state index >= 15 is 0 Å². The van der Waals surface area contributed by atoms with E-state index in [1.165, 1.54) is 0 Å². The van der Waals surface area contributed by atoms with Gasteiger partial charge in [0.25, 0.3) is 0 Å². The molecule has 1 aromatic carbocycles. The van der Waals surface area contributed by atoms with Gasteiger partial charge in [0, 0.05) is 13.1 Å². The maximum absolute atomic E-state index is 11.5. The van der Waals surface area contributed by atoms with Gasteiger partial charge in [-0.15, -0.1) is 0 Å². The van der Waals surface area contributed by atoms with E-state index in [0.717, 1.165) is 11.1 Å². The molecule has 1 aromatic heterocycles. The van der Waals surface area contributed by atoms with Gasteiger partial charge in [-0.1, -0.05) is 6.07 Å². The second-order valence-corrected chi connectivity index (χ2v) is 3.77. The topological polar surface area (TPSA) is 104 Å². The Balaban J connectivity index is 2.13. The van der Waals surface area contributed by atoms with Crippen molar-refractivity contribution in [2.75, 3.05) is 13.1 Å². The lowest BCUT2D eigenvalue weighted by Crippen LogP contribution is -2.30. The first kappa shape index (κ1) is 11.4. The zero-order valence-electron chi connectivity index (χ0n) is 9.25. The van der Waals surface area contributed by atoms with Gasteiger partial charge in [0.1, 0.15) is 0 Å². The fourth-order valence-electron chi connectivity index (χ4n) is 1.65. The number of aromatic amines is 2. The summed E-state index contributed by atoms with van der Waals surface area (Å²) in [5, 5.41) is 2.69. The van der Waals surface area contributed by atoms with Crippen molar-refractivity contribution in [2.45, 2.75) is 6.42 Å². The summed E-state index contributed by atoms with van der Waals surface area (Å²) in [4.78, 5) is 27.8. The molecule has 0 aliphatic heterocycles. The number of benzene rings is 1. The molecular weight excluding hydrogens is 220 g/mol. The standard InChI is InChI=1S/C11H14N4O2/c12-3-4-13-10(16)6-7-1-2-8-9(5-7)15-11(17)14-8/h1-2,5H,3-4,6,12H2,(H,13,16)(H2,14,15,17). The van der Waals surface area contributed by atoms with Crippen molar-refractivity contribution in [1.82, 2.24) is 15.3 Å². The molecule has 1 heterocycles. The molecule has 5 N–H and O–H groups in total. The van der Waals surface area contributed by atoms with E-state index in [1.807, 2.05) is 6.07 Å². The monoisotopic (exact) mass is 234 g/mol. The molecule has 0 fully saturated rings. The molecule has 0 aliphatic rings. The Kier molecular flexibility index (Phi) is 3.24. The number of nitrogens with two attached hydrogens (primary N) is 1. The maximum Gasteiger partial charge on any atom is 0.323 e. The largest absolute Gasteiger partial charge is 0.355 e. The molecule has 6 heteroatoms. The number of fused-ring (bicyclic) bond motifs is 1. The summed E-state index contributed by atoms with van der Waals surface area (Å²) in [6, 6.07) is 5.38. The molecule has 0 saturated carbocycles. The average Bonchev–Trinajstić information content (AvgIpc) is 2.65. The van der Waals surface area contributed by atoms with Crippen LogP contribution in [0.5, 0.6) is 0 Å². The summed E-state index contributed by atoms with van der Waals surface area (Å²) in [5.74, 6) is -0.0762. The Morgan fingerprint density at radius 3 is 2.82 bits per heavy atom. The normalized spacial score (nSPS) is 10.6. The minimum absolute atomic E-state index is 0.0762. The van der Waals surface area contributed by atoms with Crippen molar-refractivity contribution in [3.8, 4) is 0 Å². The van der Waals surface area contributed by atoms with E-state index in [1.54, 1.807) is 12.1 Å². The van der Waals surface area contributed by atoms with Gasteiger partial charge in [-0.3, -0.25) is 4.79 Å². The second-order valence-electron chi connectivity index (χ2n) is 3.77. The van der Waals surface area contributed by atoms with Gasteiger partial charge >= 0.3 is 5.69 Å². The van der Waals surface area contributed by atoms with Crippen molar-refractivity contribution in [3.63, 3.8) is 0 Å². The molecule has 17 heavy (non-hydrogen) atoms. The lowest BCUT2D eigenvalue weighted by atomic mass is 10.1. The number of H-pyrrole nitrogens is 2. The third-order valence-electron chi connectivity index (χ3n) is 2.41. The summed E-state index contributed by atoms with van der Waals surface area (Å²) < 4.78 is 0. The smallest absolute Gasteiger partial charge is 0.323 e. The van der Waals surface area contributed by atoms with Crippen LogP contribution in [0.2, 0.25) is 0 Å². The Hall–Kier alpha value is -2.08. The average molecular weight is 234 g/mol. The van der Waals surface area contributed by atoms with Crippen LogP contribution in [0.1, 0.15) is 5.56 Å². The van der Waals surface area contributed by atoms with Crippen LogP contribution in [-0.4, -0.2) is 29.0 Å². The Labute approximate surface area is 97.2 Å². The van der Waals surface area contributed by atoms with Gasteiger partial charge < -0.3 is 21.0 Å². The van der Waals surface area contributed by atoms with Gasteiger partial charge in [-0.05, 0) is 17.7 Å². The van der Waals surface area contributed by atoms with Crippen molar-refractivity contribution in [1.29, 1.82) is 0 Å².